The molecule has 0 aliphatic carbocycles. The fraction of sp³-hybridized carbons (Fsp3) is 0.158. The molecule has 0 saturated heterocycles. The summed E-state index contributed by atoms with van der Waals surface area (Å²) in [6.45, 7) is 2.03. The molecule has 1 amide bonds. The van der Waals surface area contributed by atoms with Gasteiger partial charge in [0.2, 0.25) is 0 Å². The number of fused-ring (bicyclic) bond motifs is 1. The molecule has 0 bridgehead atoms. The fourth-order valence-electron chi connectivity index (χ4n) is 2.87. The maximum atomic E-state index is 12.9. The van der Waals surface area contributed by atoms with Gasteiger partial charge in [-0.15, -0.1) is 11.8 Å². The lowest BCUT2D eigenvalue weighted by Crippen LogP contribution is -2.23. The van der Waals surface area contributed by atoms with Gasteiger partial charge in [0.1, 0.15) is 0 Å². The van der Waals surface area contributed by atoms with Gasteiger partial charge in [0.15, 0.2) is 0 Å². The lowest BCUT2D eigenvalue weighted by Gasteiger charge is -2.20. The first-order chi connectivity index (χ1) is 11.6. The molecule has 0 spiro atoms. The van der Waals surface area contributed by atoms with Crippen molar-refractivity contribution in [3.63, 3.8) is 0 Å². The minimum absolute atomic E-state index is 0.193. The number of rotatable bonds is 4. The van der Waals surface area contributed by atoms with Gasteiger partial charge in [-0.1, -0.05) is 25.1 Å². The summed E-state index contributed by atoms with van der Waals surface area (Å²) in [6, 6.07) is 13.1. The molecule has 0 fully saturated rings. The first-order valence-corrected chi connectivity index (χ1v) is 8.84. The standard InChI is InChI=1S/C19H17NO3S/c1-3-12-8-9-13-14(10-12)16(11-18(21)22)20(19(13)23)15-6-4-5-7-17(15)24-2/h4-11H,3H2,1-2H3,(H,21,22). The van der Waals surface area contributed by atoms with Crippen LogP contribution >= 0.6 is 11.8 Å². The molecule has 0 radical (unpaired) electrons. The number of aryl methyl sites for hydroxylation is 1. The zero-order valence-corrected chi connectivity index (χ0v) is 14.3. The number of anilines is 1. The third-order valence-corrected chi connectivity index (χ3v) is 4.81. The van der Waals surface area contributed by atoms with E-state index >= 15 is 0 Å². The summed E-state index contributed by atoms with van der Waals surface area (Å²) in [5.74, 6) is -1.26. The topological polar surface area (TPSA) is 57.6 Å². The number of amides is 1. The monoisotopic (exact) mass is 339 g/mol. The first kappa shape index (κ1) is 16.3. The predicted octanol–water partition coefficient (Wildman–Crippen LogP) is 4.06. The summed E-state index contributed by atoms with van der Waals surface area (Å²) in [4.78, 5) is 26.7. The number of carbonyl (C=O) groups excluding carboxylic acids is 1. The number of carboxylic acid groups (broad SMARTS) is 1. The number of thioether (sulfide) groups is 1. The minimum atomic E-state index is -1.07. The molecule has 2 aromatic rings. The number of carbonyl (C=O) groups is 2. The quantitative estimate of drug-likeness (QED) is 0.674. The van der Waals surface area contributed by atoms with Crippen LogP contribution in [0.5, 0.6) is 0 Å². The van der Waals surface area contributed by atoms with E-state index in [0.29, 0.717) is 22.5 Å². The van der Waals surface area contributed by atoms with E-state index in [9.17, 15) is 14.7 Å². The molecule has 1 aliphatic heterocycles. The Balaban J connectivity index is 2.23. The van der Waals surface area contributed by atoms with E-state index in [-0.39, 0.29) is 5.91 Å². The third kappa shape index (κ3) is 2.71. The van der Waals surface area contributed by atoms with Crippen molar-refractivity contribution in [2.45, 2.75) is 18.2 Å². The van der Waals surface area contributed by atoms with E-state index in [1.54, 1.807) is 6.07 Å². The van der Waals surface area contributed by atoms with E-state index in [0.717, 1.165) is 23.0 Å². The molecule has 0 aromatic heterocycles. The minimum Gasteiger partial charge on any atom is -0.478 e. The highest BCUT2D eigenvalue weighted by Gasteiger charge is 2.35. The van der Waals surface area contributed by atoms with E-state index < -0.39 is 5.97 Å². The molecule has 24 heavy (non-hydrogen) atoms. The van der Waals surface area contributed by atoms with Gasteiger partial charge in [-0.3, -0.25) is 9.69 Å². The average molecular weight is 339 g/mol. The number of hydrogen-bond acceptors (Lipinski definition) is 3. The smallest absolute Gasteiger partial charge is 0.330 e. The van der Waals surface area contributed by atoms with Crippen LogP contribution in [-0.4, -0.2) is 23.2 Å². The summed E-state index contributed by atoms with van der Waals surface area (Å²) in [7, 11) is 0. The van der Waals surface area contributed by atoms with Gasteiger partial charge in [0, 0.05) is 22.1 Å². The van der Waals surface area contributed by atoms with Crippen LogP contribution in [0.25, 0.3) is 5.70 Å². The van der Waals surface area contributed by atoms with Crippen molar-refractivity contribution in [3.05, 3.63) is 65.2 Å². The SMILES string of the molecule is CCc1ccc2c(c1)C(=CC(=O)O)N(c1ccccc1SC)C2=O. The van der Waals surface area contributed by atoms with Gasteiger partial charge in [-0.05, 0) is 42.5 Å². The molecule has 4 nitrogen and oxygen atoms in total. The second-order valence-corrected chi connectivity index (χ2v) is 6.26. The summed E-state index contributed by atoms with van der Waals surface area (Å²) in [5.41, 5.74) is 3.40. The van der Waals surface area contributed by atoms with E-state index in [1.165, 1.54) is 16.7 Å². The van der Waals surface area contributed by atoms with Gasteiger partial charge >= 0.3 is 5.97 Å². The molecule has 122 valence electrons. The number of nitrogens with zero attached hydrogens (tertiary/aromatic N) is 1. The highest BCUT2D eigenvalue weighted by atomic mass is 32.2. The highest BCUT2D eigenvalue weighted by molar-refractivity contribution is 7.98. The van der Waals surface area contributed by atoms with Crippen LogP contribution in [0, 0.1) is 0 Å². The first-order valence-electron chi connectivity index (χ1n) is 7.62. The molecule has 0 unspecified atom stereocenters. The average Bonchev–Trinajstić information content (AvgIpc) is 2.85. The lowest BCUT2D eigenvalue weighted by molar-refractivity contribution is -0.131. The highest BCUT2D eigenvalue weighted by Crippen LogP contribution is 2.40. The molecule has 5 heteroatoms. The third-order valence-electron chi connectivity index (χ3n) is 4.03. The Morgan fingerprint density at radius 1 is 1.21 bits per heavy atom. The lowest BCUT2D eigenvalue weighted by atomic mass is 10.0. The van der Waals surface area contributed by atoms with Gasteiger partial charge < -0.3 is 5.11 Å². The summed E-state index contributed by atoms with van der Waals surface area (Å²) in [5, 5.41) is 9.28. The van der Waals surface area contributed by atoms with E-state index in [1.807, 2.05) is 49.6 Å². The predicted molar refractivity (Wildman–Crippen MR) is 96.5 cm³/mol. The van der Waals surface area contributed by atoms with Crippen molar-refractivity contribution in [3.8, 4) is 0 Å². The van der Waals surface area contributed by atoms with Crippen LogP contribution in [0.4, 0.5) is 5.69 Å². The maximum absolute atomic E-state index is 12.9. The maximum Gasteiger partial charge on any atom is 0.330 e. The van der Waals surface area contributed by atoms with Crippen LogP contribution in [-0.2, 0) is 11.2 Å². The molecule has 1 heterocycles. The van der Waals surface area contributed by atoms with Crippen molar-refractivity contribution >= 4 is 35.0 Å². The van der Waals surface area contributed by atoms with Crippen LogP contribution in [0.1, 0.15) is 28.4 Å². The van der Waals surface area contributed by atoms with Crippen molar-refractivity contribution < 1.29 is 14.7 Å². The second-order valence-electron chi connectivity index (χ2n) is 5.41. The number of carboxylic acids is 1. The molecule has 0 saturated carbocycles. The number of benzene rings is 2. The van der Waals surface area contributed by atoms with E-state index in [2.05, 4.69) is 0 Å². The Hall–Kier alpha value is -2.53. The Morgan fingerprint density at radius 3 is 2.62 bits per heavy atom. The fourth-order valence-corrected chi connectivity index (χ4v) is 3.46. The van der Waals surface area contributed by atoms with Gasteiger partial charge in [0.25, 0.3) is 5.91 Å². The Kier molecular flexibility index (Phi) is 4.44. The zero-order valence-electron chi connectivity index (χ0n) is 13.4. The van der Waals surface area contributed by atoms with E-state index in [4.69, 9.17) is 0 Å². The Bertz CT molecular complexity index is 857. The molecule has 1 aliphatic rings. The summed E-state index contributed by atoms with van der Waals surface area (Å²) in [6.07, 6.45) is 3.87. The van der Waals surface area contributed by atoms with Crippen LogP contribution in [0.15, 0.2) is 53.4 Å². The largest absolute Gasteiger partial charge is 0.478 e. The summed E-state index contributed by atoms with van der Waals surface area (Å²) < 4.78 is 0. The van der Waals surface area contributed by atoms with Crippen molar-refractivity contribution in [2.75, 3.05) is 11.2 Å². The number of para-hydroxylation sites is 1. The number of hydrogen-bond donors (Lipinski definition) is 1. The molecule has 0 atom stereocenters. The van der Waals surface area contributed by atoms with Crippen molar-refractivity contribution in [2.24, 2.45) is 0 Å². The summed E-state index contributed by atoms with van der Waals surface area (Å²) >= 11 is 1.52. The van der Waals surface area contributed by atoms with Crippen molar-refractivity contribution in [1.82, 2.24) is 0 Å². The Labute approximate surface area is 144 Å². The normalized spacial score (nSPS) is 15.0. The number of aliphatic carboxylic acids is 1. The van der Waals surface area contributed by atoms with Crippen LogP contribution in [0.3, 0.4) is 0 Å². The molecule has 2 aromatic carbocycles. The second kappa shape index (κ2) is 6.53. The van der Waals surface area contributed by atoms with Crippen LogP contribution < -0.4 is 4.90 Å². The Morgan fingerprint density at radius 2 is 1.96 bits per heavy atom. The van der Waals surface area contributed by atoms with Gasteiger partial charge in [0.05, 0.1) is 11.4 Å². The molecular weight excluding hydrogens is 322 g/mol. The molecule has 1 N–H and O–H groups in total. The van der Waals surface area contributed by atoms with Gasteiger partial charge in [-0.25, -0.2) is 4.79 Å². The molecule has 3 rings (SSSR count). The van der Waals surface area contributed by atoms with Gasteiger partial charge in [-0.2, -0.15) is 0 Å². The van der Waals surface area contributed by atoms with Crippen LogP contribution in [0.2, 0.25) is 0 Å². The zero-order chi connectivity index (χ0) is 17.3. The van der Waals surface area contributed by atoms with Crippen molar-refractivity contribution in [1.29, 1.82) is 0 Å². The molecular formula is C19H17NO3S.